The van der Waals surface area contributed by atoms with Gasteiger partial charge in [-0.25, -0.2) is 4.79 Å². The molecular weight excluding hydrogens is 694 g/mol. The van der Waals surface area contributed by atoms with Crippen molar-refractivity contribution in [1.29, 1.82) is 0 Å². The third-order valence-electron chi connectivity index (χ3n) is 9.13. The van der Waals surface area contributed by atoms with Crippen LogP contribution in [0.25, 0.3) is 0 Å². The summed E-state index contributed by atoms with van der Waals surface area (Å²) in [6.07, 6.45) is -13.9. The van der Waals surface area contributed by atoms with Crippen molar-refractivity contribution in [2.24, 2.45) is 0 Å². The van der Waals surface area contributed by atoms with Gasteiger partial charge in [-0.2, -0.15) is 0 Å². The van der Waals surface area contributed by atoms with Gasteiger partial charge in [-0.3, -0.25) is 4.79 Å². The molecule has 7 N–H and O–H groups in total. The van der Waals surface area contributed by atoms with Crippen molar-refractivity contribution in [3.63, 3.8) is 0 Å². The minimum Gasteiger partial charge on any atom is -0.477 e. The number of carboxylic acid groups (broad SMARTS) is 1. The molecule has 0 spiro atoms. The third kappa shape index (κ3) is 10.4. The van der Waals surface area contributed by atoms with Gasteiger partial charge in [0.25, 0.3) is 5.79 Å². The average Bonchev–Trinajstić information content (AvgIpc) is 3.16. The fourth-order valence-corrected chi connectivity index (χ4v) is 6.39. The Kier molecular flexibility index (Phi) is 14.4. The monoisotopic (exact) mass is 741 g/mol. The number of aliphatic hydroxyl groups is 5. The standard InChI is InChI=1S/C38H47NO14/c1-23(41)39-30-27(42)17-38(37(46)47,53-33(30)31(44)28(43)18-40)51-22-29-32(48-19-24-11-5-2-6-12-24)34(49-20-25-13-7-3-8-14-25)35(36(45)52-29)50-21-26-15-9-4-10-16-26/h2-16,27-36,40,42-45H,17-22H2,1H3,(H,39,41)(H,46,47)/t27-,28+,29+,30+,31+,32-,33+,34-,35+,36-,38-/m0/s1. The maximum Gasteiger partial charge on any atom is 0.364 e. The highest BCUT2D eigenvalue weighted by atomic mass is 16.7. The fourth-order valence-electron chi connectivity index (χ4n) is 6.39. The van der Waals surface area contributed by atoms with Crippen LogP contribution in [-0.4, -0.2) is 123 Å². The number of aliphatic carboxylic acids is 1. The molecule has 0 saturated carbocycles. The van der Waals surface area contributed by atoms with Crippen LogP contribution < -0.4 is 5.32 Å². The molecule has 1 amide bonds. The van der Waals surface area contributed by atoms with Crippen LogP contribution >= 0.6 is 0 Å². The van der Waals surface area contributed by atoms with Crippen molar-refractivity contribution in [2.45, 2.75) is 100 Å². The fraction of sp³-hybridized carbons (Fsp3) is 0.474. The van der Waals surface area contributed by atoms with Crippen LogP contribution in [0.2, 0.25) is 0 Å². The predicted octanol–water partition coefficient (Wildman–Crippen LogP) is 0.626. The zero-order valence-corrected chi connectivity index (χ0v) is 29.1. The molecule has 0 bridgehead atoms. The molecule has 0 aliphatic carbocycles. The lowest BCUT2D eigenvalue weighted by molar-refractivity contribution is -0.344. The molecule has 0 radical (unpaired) electrons. The van der Waals surface area contributed by atoms with Crippen molar-refractivity contribution in [1.82, 2.24) is 5.32 Å². The number of carboxylic acids is 1. The molecule has 2 fully saturated rings. The number of ether oxygens (including phenoxy) is 6. The zero-order chi connectivity index (χ0) is 38.0. The first-order chi connectivity index (χ1) is 25.5. The van der Waals surface area contributed by atoms with E-state index in [0.29, 0.717) is 0 Å². The normalized spacial score (nSPS) is 29.9. The SMILES string of the molecule is CC(=O)N[C@H]1[C@H]([C@H](O)[C@H](O)CO)O[C@](OC[C@H]2O[C@H](O)[C@H](OCc3ccccc3)[C@@H](OCc3ccccc3)[C@H]2OCc2ccccc2)(C(=O)O)C[C@@H]1O. The Morgan fingerprint density at radius 1 is 0.811 bits per heavy atom. The summed E-state index contributed by atoms with van der Waals surface area (Å²) >= 11 is 0. The van der Waals surface area contributed by atoms with Gasteiger partial charge in [-0.15, -0.1) is 0 Å². The van der Waals surface area contributed by atoms with E-state index in [0.717, 1.165) is 23.6 Å². The maximum absolute atomic E-state index is 12.9. The van der Waals surface area contributed by atoms with Crippen LogP contribution in [-0.2, 0) is 57.8 Å². The van der Waals surface area contributed by atoms with Crippen LogP contribution in [0.5, 0.6) is 0 Å². The summed E-state index contributed by atoms with van der Waals surface area (Å²) in [5, 5.41) is 65.9. The first-order valence-corrected chi connectivity index (χ1v) is 17.3. The molecule has 2 saturated heterocycles. The summed E-state index contributed by atoms with van der Waals surface area (Å²) in [6, 6.07) is 26.4. The number of carbonyl (C=O) groups is 2. The zero-order valence-electron chi connectivity index (χ0n) is 29.1. The summed E-state index contributed by atoms with van der Waals surface area (Å²) in [5.41, 5.74) is 2.44. The molecule has 288 valence electrons. The van der Waals surface area contributed by atoms with E-state index >= 15 is 0 Å². The number of amides is 1. The van der Waals surface area contributed by atoms with E-state index in [9.17, 15) is 40.2 Å². The molecule has 2 heterocycles. The summed E-state index contributed by atoms with van der Waals surface area (Å²) in [4.78, 5) is 24.8. The number of aliphatic hydroxyl groups excluding tert-OH is 5. The summed E-state index contributed by atoms with van der Waals surface area (Å²) in [5.74, 6) is -4.99. The van der Waals surface area contributed by atoms with Crippen LogP contribution in [0.1, 0.15) is 30.0 Å². The lowest BCUT2D eigenvalue weighted by Crippen LogP contribution is -2.68. The van der Waals surface area contributed by atoms with Crippen molar-refractivity contribution >= 4 is 11.9 Å². The molecule has 3 aromatic rings. The number of nitrogens with one attached hydrogen (secondary N) is 1. The first kappa shape index (κ1) is 40.3. The van der Waals surface area contributed by atoms with E-state index in [1.165, 1.54) is 0 Å². The average molecular weight is 742 g/mol. The van der Waals surface area contributed by atoms with Crippen molar-refractivity contribution in [3.05, 3.63) is 108 Å². The van der Waals surface area contributed by atoms with E-state index < -0.39 is 98.5 Å². The second-order valence-corrected chi connectivity index (χ2v) is 13.0. The minimum atomic E-state index is -2.66. The van der Waals surface area contributed by atoms with Gasteiger partial charge in [0.2, 0.25) is 5.91 Å². The molecule has 53 heavy (non-hydrogen) atoms. The van der Waals surface area contributed by atoms with E-state index in [4.69, 9.17) is 28.4 Å². The number of benzene rings is 3. The predicted molar refractivity (Wildman–Crippen MR) is 184 cm³/mol. The number of hydrogen-bond acceptors (Lipinski definition) is 13. The lowest BCUT2D eigenvalue weighted by atomic mass is 9.88. The van der Waals surface area contributed by atoms with E-state index in [2.05, 4.69) is 5.32 Å². The highest BCUT2D eigenvalue weighted by Crippen LogP contribution is 2.36. The Labute approximate surface area is 306 Å². The quantitative estimate of drug-likeness (QED) is 0.101. The second-order valence-electron chi connectivity index (χ2n) is 13.0. The molecule has 15 nitrogen and oxygen atoms in total. The topological polar surface area (TPSA) is 223 Å². The van der Waals surface area contributed by atoms with Gasteiger partial charge in [0, 0.05) is 13.3 Å². The molecule has 5 rings (SSSR count). The van der Waals surface area contributed by atoms with Crippen molar-refractivity contribution in [3.8, 4) is 0 Å². The number of hydrogen-bond donors (Lipinski definition) is 7. The Balaban J connectivity index is 1.45. The first-order valence-electron chi connectivity index (χ1n) is 17.3. The minimum absolute atomic E-state index is 0.0586. The van der Waals surface area contributed by atoms with Gasteiger partial charge in [0.1, 0.15) is 42.7 Å². The summed E-state index contributed by atoms with van der Waals surface area (Å²) in [7, 11) is 0. The van der Waals surface area contributed by atoms with E-state index in [1.54, 1.807) is 0 Å². The molecule has 11 atom stereocenters. The highest BCUT2D eigenvalue weighted by Gasteiger charge is 2.57. The Hall–Kier alpha value is -3.84. The Morgan fingerprint density at radius 3 is 1.77 bits per heavy atom. The molecule has 2 aliphatic rings. The van der Waals surface area contributed by atoms with Crippen molar-refractivity contribution < 1.29 is 68.6 Å². The second kappa shape index (κ2) is 19.0. The Morgan fingerprint density at radius 2 is 1.30 bits per heavy atom. The van der Waals surface area contributed by atoms with Gasteiger partial charge in [0.15, 0.2) is 6.29 Å². The largest absolute Gasteiger partial charge is 0.477 e. The van der Waals surface area contributed by atoms with Gasteiger partial charge in [-0.05, 0) is 16.7 Å². The van der Waals surface area contributed by atoms with E-state index in [-0.39, 0.29) is 19.8 Å². The van der Waals surface area contributed by atoms with Crippen LogP contribution in [0, 0.1) is 0 Å². The molecule has 0 unspecified atom stereocenters. The maximum atomic E-state index is 12.9. The van der Waals surface area contributed by atoms with Crippen molar-refractivity contribution in [2.75, 3.05) is 13.2 Å². The molecule has 2 aliphatic heterocycles. The third-order valence-corrected chi connectivity index (χ3v) is 9.13. The van der Waals surface area contributed by atoms with Crippen LogP contribution in [0.15, 0.2) is 91.0 Å². The molecule has 0 aromatic heterocycles. The van der Waals surface area contributed by atoms with Gasteiger partial charge < -0.3 is 64.4 Å². The van der Waals surface area contributed by atoms with Crippen LogP contribution in [0.4, 0.5) is 0 Å². The number of rotatable bonds is 17. The van der Waals surface area contributed by atoms with Gasteiger partial charge in [0.05, 0.1) is 45.2 Å². The Bertz CT molecular complexity index is 1570. The summed E-state index contributed by atoms with van der Waals surface area (Å²) < 4.78 is 36.8. The molecule has 15 heteroatoms. The smallest absolute Gasteiger partial charge is 0.364 e. The molecular formula is C38H47NO14. The molecule has 3 aromatic carbocycles. The van der Waals surface area contributed by atoms with E-state index in [1.807, 2.05) is 91.0 Å². The number of carbonyl (C=O) groups excluding carboxylic acids is 1. The van der Waals surface area contributed by atoms with Gasteiger partial charge in [-0.1, -0.05) is 91.0 Å². The highest BCUT2D eigenvalue weighted by molar-refractivity contribution is 5.76. The van der Waals surface area contributed by atoms with Gasteiger partial charge >= 0.3 is 5.97 Å². The summed E-state index contributed by atoms with van der Waals surface area (Å²) in [6.45, 7) is -0.158. The van der Waals surface area contributed by atoms with Crippen LogP contribution in [0.3, 0.4) is 0 Å². The lowest BCUT2D eigenvalue weighted by Gasteiger charge is -2.48.